The van der Waals surface area contributed by atoms with Gasteiger partial charge in [-0.25, -0.2) is 0 Å². The van der Waals surface area contributed by atoms with Gasteiger partial charge in [0.15, 0.2) is 0 Å². The predicted octanol–water partition coefficient (Wildman–Crippen LogP) is 2.86. The van der Waals surface area contributed by atoms with Gasteiger partial charge in [-0.3, -0.25) is 10.1 Å². The Kier molecular flexibility index (Phi) is 3.01. The Hall–Kier alpha value is -2.02. The molecule has 0 atom stereocenters. The van der Waals surface area contributed by atoms with E-state index >= 15 is 0 Å². The molecule has 0 N–H and O–H groups in total. The molecule has 0 bridgehead atoms. The van der Waals surface area contributed by atoms with Gasteiger partial charge in [0.05, 0.1) is 4.92 Å². The Bertz CT molecular complexity index is 568. The van der Waals surface area contributed by atoms with E-state index in [-0.39, 0.29) is 5.69 Å². The predicted molar refractivity (Wildman–Crippen MR) is 62.6 cm³/mol. The second-order valence-electron chi connectivity index (χ2n) is 3.41. The minimum atomic E-state index is -0.422. The third kappa shape index (κ3) is 2.56. The van der Waals surface area contributed by atoms with E-state index in [1.807, 2.05) is 0 Å². The minimum absolute atomic E-state index is 0.0748. The average molecular weight is 251 g/mol. The molecule has 0 amide bonds. The molecule has 0 fully saturated rings. The maximum Gasteiger partial charge on any atom is 0.298 e. The van der Waals surface area contributed by atoms with Gasteiger partial charge in [0.25, 0.3) is 10.9 Å². The van der Waals surface area contributed by atoms with Crippen LogP contribution in [0.4, 0.5) is 5.69 Å². The van der Waals surface area contributed by atoms with Crippen LogP contribution in [0.15, 0.2) is 18.2 Å². The van der Waals surface area contributed by atoms with Gasteiger partial charge in [-0.1, -0.05) is 0 Å². The standard InChI is InChI=1S/C10H9N3O3S/c1-6-5-8(3-4-9(6)13(14)15)16-10-11-7(2)12-17-10/h3-5H,1-2H3. The van der Waals surface area contributed by atoms with Crippen molar-refractivity contribution in [1.82, 2.24) is 9.36 Å². The maximum atomic E-state index is 10.6. The van der Waals surface area contributed by atoms with Crippen molar-refractivity contribution < 1.29 is 9.66 Å². The zero-order valence-corrected chi connectivity index (χ0v) is 10.0. The second kappa shape index (κ2) is 4.46. The Morgan fingerprint density at radius 3 is 2.71 bits per heavy atom. The van der Waals surface area contributed by atoms with Crippen molar-refractivity contribution in [3.8, 4) is 10.9 Å². The Balaban J connectivity index is 2.23. The van der Waals surface area contributed by atoms with Gasteiger partial charge in [0, 0.05) is 23.2 Å². The summed E-state index contributed by atoms with van der Waals surface area (Å²) in [6, 6.07) is 4.56. The third-order valence-corrected chi connectivity index (χ3v) is 2.77. The molecule has 2 aromatic rings. The molecule has 0 saturated carbocycles. The topological polar surface area (TPSA) is 78.2 Å². The number of rotatable bonds is 3. The summed E-state index contributed by atoms with van der Waals surface area (Å²) in [6.45, 7) is 3.43. The summed E-state index contributed by atoms with van der Waals surface area (Å²) in [7, 11) is 0. The highest BCUT2D eigenvalue weighted by atomic mass is 32.1. The summed E-state index contributed by atoms with van der Waals surface area (Å²) in [5, 5.41) is 11.1. The van der Waals surface area contributed by atoms with Crippen LogP contribution in [-0.4, -0.2) is 14.3 Å². The van der Waals surface area contributed by atoms with E-state index in [2.05, 4.69) is 9.36 Å². The molecule has 0 aliphatic carbocycles. The SMILES string of the molecule is Cc1nsc(Oc2ccc([N+](=O)[O-])c(C)c2)n1. The number of nitrogens with zero attached hydrogens (tertiary/aromatic N) is 3. The monoisotopic (exact) mass is 251 g/mol. The van der Waals surface area contributed by atoms with Crippen LogP contribution in [-0.2, 0) is 0 Å². The maximum absolute atomic E-state index is 10.6. The summed E-state index contributed by atoms with van der Waals surface area (Å²) in [5.74, 6) is 1.16. The van der Waals surface area contributed by atoms with E-state index in [4.69, 9.17) is 4.74 Å². The molecule has 2 rings (SSSR count). The number of benzene rings is 1. The average Bonchev–Trinajstić information content (AvgIpc) is 2.63. The van der Waals surface area contributed by atoms with Crippen molar-refractivity contribution in [2.75, 3.05) is 0 Å². The number of aryl methyl sites for hydroxylation is 2. The third-order valence-electron chi connectivity index (χ3n) is 2.08. The van der Waals surface area contributed by atoms with Crippen molar-refractivity contribution in [3.05, 3.63) is 39.7 Å². The largest absolute Gasteiger partial charge is 0.430 e. The number of ether oxygens (including phenoxy) is 1. The first-order valence-electron chi connectivity index (χ1n) is 4.79. The number of nitro groups is 1. The van der Waals surface area contributed by atoms with Crippen LogP contribution in [0.5, 0.6) is 10.9 Å². The van der Waals surface area contributed by atoms with E-state index in [0.717, 1.165) is 11.5 Å². The molecule has 88 valence electrons. The van der Waals surface area contributed by atoms with E-state index in [1.54, 1.807) is 26.0 Å². The minimum Gasteiger partial charge on any atom is -0.430 e. The number of aromatic nitrogens is 2. The van der Waals surface area contributed by atoms with Crippen molar-refractivity contribution in [1.29, 1.82) is 0 Å². The molecular weight excluding hydrogens is 242 g/mol. The van der Waals surface area contributed by atoms with Crippen LogP contribution >= 0.6 is 11.5 Å². The van der Waals surface area contributed by atoms with Crippen LogP contribution in [0.25, 0.3) is 0 Å². The highest BCUT2D eigenvalue weighted by Gasteiger charge is 2.11. The summed E-state index contributed by atoms with van der Waals surface area (Å²) in [5.41, 5.74) is 0.625. The first-order chi connectivity index (χ1) is 8.06. The highest BCUT2D eigenvalue weighted by molar-refractivity contribution is 7.07. The second-order valence-corrected chi connectivity index (χ2v) is 4.13. The molecule has 1 aromatic carbocycles. The Morgan fingerprint density at radius 2 is 2.18 bits per heavy atom. The summed E-state index contributed by atoms with van der Waals surface area (Å²) < 4.78 is 9.42. The highest BCUT2D eigenvalue weighted by Crippen LogP contribution is 2.27. The smallest absolute Gasteiger partial charge is 0.298 e. The van der Waals surface area contributed by atoms with Gasteiger partial charge in [0.2, 0.25) is 0 Å². The van der Waals surface area contributed by atoms with Crippen LogP contribution in [0.2, 0.25) is 0 Å². The zero-order valence-electron chi connectivity index (χ0n) is 9.21. The van der Waals surface area contributed by atoms with Gasteiger partial charge >= 0.3 is 0 Å². The molecule has 6 nitrogen and oxygen atoms in total. The summed E-state index contributed by atoms with van der Waals surface area (Å²) >= 11 is 1.14. The Labute approximate surface area is 101 Å². The van der Waals surface area contributed by atoms with Crippen molar-refractivity contribution >= 4 is 17.2 Å². The molecule has 17 heavy (non-hydrogen) atoms. The molecule has 0 saturated heterocycles. The molecule has 0 aliphatic heterocycles. The molecule has 0 radical (unpaired) electrons. The summed E-state index contributed by atoms with van der Waals surface area (Å²) in [4.78, 5) is 14.3. The molecule has 0 unspecified atom stereocenters. The zero-order chi connectivity index (χ0) is 12.4. The van der Waals surface area contributed by atoms with Crippen LogP contribution < -0.4 is 4.74 Å². The van der Waals surface area contributed by atoms with Gasteiger partial charge in [0.1, 0.15) is 11.6 Å². The summed E-state index contributed by atoms with van der Waals surface area (Å²) in [6.07, 6.45) is 0. The van der Waals surface area contributed by atoms with Gasteiger partial charge < -0.3 is 4.74 Å². The number of nitro benzene ring substituents is 1. The van der Waals surface area contributed by atoms with Crippen LogP contribution in [0.3, 0.4) is 0 Å². The Morgan fingerprint density at radius 1 is 1.41 bits per heavy atom. The van der Waals surface area contributed by atoms with Crippen molar-refractivity contribution in [3.63, 3.8) is 0 Å². The normalized spacial score (nSPS) is 10.2. The molecule has 0 spiro atoms. The first kappa shape index (κ1) is 11.5. The lowest BCUT2D eigenvalue weighted by Crippen LogP contribution is -1.92. The lowest BCUT2D eigenvalue weighted by molar-refractivity contribution is -0.385. The van der Waals surface area contributed by atoms with E-state index in [9.17, 15) is 10.1 Å². The fourth-order valence-electron chi connectivity index (χ4n) is 1.32. The van der Waals surface area contributed by atoms with E-state index in [1.165, 1.54) is 6.07 Å². The molecule has 7 heteroatoms. The van der Waals surface area contributed by atoms with Crippen molar-refractivity contribution in [2.45, 2.75) is 13.8 Å². The quantitative estimate of drug-likeness (QED) is 0.619. The fourth-order valence-corrected chi connectivity index (χ4v) is 1.87. The van der Waals surface area contributed by atoms with Crippen LogP contribution in [0, 0.1) is 24.0 Å². The number of hydrogen-bond acceptors (Lipinski definition) is 6. The molecule has 0 aliphatic rings. The van der Waals surface area contributed by atoms with Crippen LogP contribution in [0.1, 0.15) is 11.4 Å². The molecular formula is C10H9N3O3S. The van der Waals surface area contributed by atoms with Gasteiger partial charge in [-0.2, -0.15) is 9.36 Å². The lowest BCUT2D eigenvalue weighted by Gasteiger charge is -2.02. The molecule has 1 aromatic heterocycles. The number of hydrogen-bond donors (Lipinski definition) is 0. The first-order valence-corrected chi connectivity index (χ1v) is 5.57. The van der Waals surface area contributed by atoms with Crippen molar-refractivity contribution in [2.24, 2.45) is 0 Å². The van der Waals surface area contributed by atoms with Gasteiger partial charge in [-0.05, 0) is 26.0 Å². The van der Waals surface area contributed by atoms with E-state index < -0.39 is 4.92 Å². The lowest BCUT2D eigenvalue weighted by atomic mass is 10.2. The van der Waals surface area contributed by atoms with E-state index in [0.29, 0.717) is 22.3 Å². The molecule has 1 heterocycles. The fraction of sp³-hybridized carbons (Fsp3) is 0.200. The van der Waals surface area contributed by atoms with Gasteiger partial charge in [-0.15, -0.1) is 0 Å².